The van der Waals surface area contributed by atoms with Gasteiger partial charge in [0.25, 0.3) is 11.5 Å². The molecule has 2 saturated heterocycles. The molecule has 1 amide bonds. The average molecular weight is 426 g/mol. The predicted octanol–water partition coefficient (Wildman–Crippen LogP) is 0.735. The molecule has 31 heavy (non-hydrogen) atoms. The van der Waals surface area contributed by atoms with E-state index in [1.54, 1.807) is 6.07 Å². The van der Waals surface area contributed by atoms with Crippen LogP contribution in [0.5, 0.6) is 0 Å². The third-order valence-electron chi connectivity index (χ3n) is 6.89. The quantitative estimate of drug-likeness (QED) is 0.760. The number of pyridine rings is 1. The van der Waals surface area contributed by atoms with Crippen molar-refractivity contribution in [3.8, 4) is 0 Å². The Bertz CT molecular complexity index is 1040. The Morgan fingerprint density at radius 1 is 1.19 bits per heavy atom. The van der Waals surface area contributed by atoms with Crippen LogP contribution in [0.25, 0.3) is 0 Å². The molecular weight excluding hydrogens is 394 g/mol. The van der Waals surface area contributed by atoms with E-state index in [0.29, 0.717) is 19.0 Å². The van der Waals surface area contributed by atoms with Gasteiger partial charge in [0.15, 0.2) is 0 Å². The zero-order valence-corrected chi connectivity index (χ0v) is 18.4. The topological polar surface area (TPSA) is 88.3 Å². The fourth-order valence-corrected chi connectivity index (χ4v) is 5.49. The summed E-state index contributed by atoms with van der Waals surface area (Å²) in [7, 11) is 1.92. The summed E-state index contributed by atoms with van der Waals surface area (Å²) in [6.45, 7) is 7.84. The fraction of sp³-hybridized carbons (Fsp3) is 0.636. The number of hydrogen-bond acceptors (Lipinski definition) is 6. The number of nitrogens with zero attached hydrogens (tertiary/aromatic N) is 6. The maximum atomic E-state index is 13.2. The second kappa shape index (κ2) is 8.11. The van der Waals surface area contributed by atoms with Gasteiger partial charge in [-0.2, -0.15) is 10.1 Å². The first-order valence-electron chi connectivity index (χ1n) is 11.4. The van der Waals surface area contributed by atoms with Gasteiger partial charge in [-0.1, -0.05) is 0 Å². The molecule has 1 N–H and O–H groups in total. The largest absolute Gasteiger partial charge is 0.351 e. The number of anilines is 1. The predicted molar refractivity (Wildman–Crippen MR) is 118 cm³/mol. The number of fused-ring (bicyclic) bond motifs is 4. The molecule has 3 aliphatic heterocycles. The van der Waals surface area contributed by atoms with Crippen molar-refractivity contribution in [3.63, 3.8) is 0 Å². The van der Waals surface area contributed by atoms with E-state index in [-0.39, 0.29) is 22.9 Å². The standard InChI is InChI=1S/C22H31N7O2/c1-15-24-22(26(2)25-15)28-12-16-11-17(14-28)19-6-5-18(21(31)29(19)13-16)20(30)23-7-10-27-8-3-4-9-27/h5-6,16-17H,3-4,7-14H2,1-2H3,(H,23,30)/t16-,17+/m0/s1. The van der Waals surface area contributed by atoms with Crippen molar-refractivity contribution in [3.05, 3.63) is 39.6 Å². The van der Waals surface area contributed by atoms with E-state index in [9.17, 15) is 9.59 Å². The highest BCUT2D eigenvalue weighted by Gasteiger charge is 2.36. The number of likely N-dealkylation sites (tertiary alicyclic amines) is 1. The summed E-state index contributed by atoms with van der Waals surface area (Å²) in [6.07, 6.45) is 3.53. The molecule has 2 atom stereocenters. The van der Waals surface area contributed by atoms with E-state index < -0.39 is 0 Å². The van der Waals surface area contributed by atoms with Gasteiger partial charge in [0.2, 0.25) is 5.95 Å². The van der Waals surface area contributed by atoms with Crippen LogP contribution in [0.4, 0.5) is 5.95 Å². The lowest BCUT2D eigenvalue weighted by atomic mass is 9.83. The average Bonchev–Trinajstić information content (AvgIpc) is 3.37. The van der Waals surface area contributed by atoms with Crippen molar-refractivity contribution in [2.45, 2.75) is 38.6 Å². The number of amides is 1. The molecular formula is C22H31N7O2. The second-order valence-electron chi connectivity index (χ2n) is 9.18. The molecule has 0 unspecified atom stereocenters. The maximum absolute atomic E-state index is 13.2. The van der Waals surface area contributed by atoms with Gasteiger partial charge in [0, 0.05) is 51.4 Å². The summed E-state index contributed by atoms with van der Waals surface area (Å²) in [4.78, 5) is 35.1. The third kappa shape index (κ3) is 3.86. The molecule has 0 aromatic carbocycles. The van der Waals surface area contributed by atoms with Crippen molar-refractivity contribution in [1.29, 1.82) is 0 Å². The Kier molecular flexibility index (Phi) is 5.29. The monoisotopic (exact) mass is 425 g/mol. The molecule has 2 aromatic rings. The first kappa shape index (κ1) is 20.2. The van der Waals surface area contributed by atoms with Gasteiger partial charge in [-0.15, -0.1) is 0 Å². The Balaban J connectivity index is 1.31. The molecule has 9 heteroatoms. The van der Waals surface area contributed by atoms with Crippen molar-refractivity contribution < 1.29 is 4.79 Å². The maximum Gasteiger partial charge on any atom is 0.263 e. The minimum Gasteiger partial charge on any atom is -0.351 e. The zero-order chi connectivity index (χ0) is 21.5. The van der Waals surface area contributed by atoms with Crippen LogP contribution < -0.4 is 15.8 Å². The molecule has 0 saturated carbocycles. The van der Waals surface area contributed by atoms with E-state index in [4.69, 9.17) is 0 Å². The van der Waals surface area contributed by atoms with E-state index in [0.717, 1.165) is 56.6 Å². The van der Waals surface area contributed by atoms with E-state index >= 15 is 0 Å². The molecule has 2 aromatic heterocycles. The van der Waals surface area contributed by atoms with Crippen molar-refractivity contribution in [1.82, 2.24) is 29.5 Å². The number of hydrogen-bond donors (Lipinski definition) is 1. The second-order valence-corrected chi connectivity index (χ2v) is 9.18. The number of aromatic nitrogens is 4. The van der Waals surface area contributed by atoms with Crippen LogP contribution in [0.1, 0.15) is 47.1 Å². The molecule has 5 heterocycles. The molecule has 5 rings (SSSR count). The van der Waals surface area contributed by atoms with Crippen molar-refractivity contribution >= 4 is 11.9 Å². The zero-order valence-electron chi connectivity index (χ0n) is 18.4. The van der Waals surface area contributed by atoms with Gasteiger partial charge < -0.3 is 19.7 Å². The number of nitrogens with one attached hydrogen (secondary N) is 1. The SMILES string of the molecule is Cc1nc(N2C[C@@H]3C[C@H](C2)c2ccc(C(=O)NCCN4CCCC4)c(=O)n2C3)n(C)n1. The summed E-state index contributed by atoms with van der Waals surface area (Å²) in [6, 6.07) is 3.69. The third-order valence-corrected chi connectivity index (χ3v) is 6.89. The van der Waals surface area contributed by atoms with Crippen LogP contribution in [0.3, 0.4) is 0 Å². The van der Waals surface area contributed by atoms with Gasteiger partial charge in [0.1, 0.15) is 11.4 Å². The lowest BCUT2D eigenvalue weighted by Crippen LogP contribution is -2.49. The molecule has 166 valence electrons. The number of piperidine rings is 1. The van der Waals surface area contributed by atoms with Crippen LogP contribution in [0.2, 0.25) is 0 Å². The molecule has 3 aliphatic rings. The number of carbonyl (C=O) groups excluding carboxylic acids is 1. The van der Waals surface area contributed by atoms with Crippen LogP contribution in [0.15, 0.2) is 16.9 Å². The molecule has 2 bridgehead atoms. The molecule has 9 nitrogen and oxygen atoms in total. The summed E-state index contributed by atoms with van der Waals surface area (Å²) >= 11 is 0. The smallest absolute Gasteiger partial charge is 0.263 e. The van der Waals surface area contributed by atoms with Crippen LogP contribution in [-0.4, -0.2) is 69.4 Å². The van der Waals surface area contributed by atoms with Crippen molar-refractivity contribution in [2.24, 2.45) is 13.0 Å². The Labute approximate surface area is 182 Å². The van der Waals surface area contributed by atoms with Crippen LogP contribution in [-0.2, 0) is 13.6 Å². The highest BCUT2D eigenvalue weighted by atomic mass is 16.2. The summed E-state index contributed by atoms with van der Waals surface area (Å²) < 4.78 is 3.67. The molecule has 0 aliphatic carbocycles. The summed E-state index contributed by atoms with van der Waals surface area (Å²) in [5, 5.41) is 7.32. The van der Waals surface area contributed by atoms with E-state index in [2.05, 4.69) is 25.2 Å². The Hall–Kier alpha value is -2.68. The lowest BCUT2D eigenvalue weighted by molar-refractivity contribution is 0.0947. The van der Waals surface area contributed by atoms with Crippen LogP contribution in [0, 0.1) is 12.8 Å². The van der Waals surface area contributed by atoms with Gasteiger partial charge in [0.05, 0.1) is 0 Å². The minimum atomic E-state index is -0.258. The molecule has 0 radical (unpaired) electrons. The molecule has 0 spiro atoms. The first-order valence-corrected chi connectivity index (χ1v) is 11.4. The normalized spacial score (nSPS) is 23.1. The number of carbonyl (C=O) groups is 1. The van der Waals surface area contributed by atoms with E-state index in [1.807, 2.05) is 29.3 Å². The van der Waals surface area contributed by atoms with Crippen LogP contribution >= 0.6 is 0 Å². The lowest BCUT2D eigenvalue weighted by Gasteiger charge is -2.43. The number of rotatable bonds is 5. The van der Waals surface area contributed by atoms with Gasteiger partial charge in [-0.05, 0) is 57.3 Å². The number of aryl methyl sites for hydroxylation is 2. The minimum absolute atomic E-state index is 0.158. The first-order chi connectivity index (χ1) is 15.0. The van der Waals surface area contributed by atoms with Gasteiger partial charge in [-0.25, -0.2) is 4.68 Å². The fourth-order valence-electron chi connectivity index (χ4n) is 5.49. The summed E-state index contributed by atoms with van der Waals surface area (Å²) in [5.74, 6) is 2.01. The van der Waals surface area contributed by atoms with Gasteiger partial charge >= 0.3 is 0 Å². The summed E-state index contributed by atoms with van der Waals surface area (Å²) in [5.41, 5.74) is 1.12. The van der Waals surface area contributed by atoms with Gasteiger partial charge in [-0.3, -0.25) is 9.59 Å². The molecule has 2 fully saturated rings. The Morgan fingerprint density at radius 2 is 2.00 bits per heavy atom. The highest BCUT2D eigenvalue weighted by Crippen LogP contribution is 2.36. The van der Waals surface area contributed by atoms with Crippen molar-refractivity contribution in [2.75, 3.05) is 44.2 Å². The highest BCUT2D eigenvalue weighted by molar-refractivity contribution is 5.93. The van der Waals surface area contributed by atoms with E-state index in [1.165, 1.54) is 12.8 Å². The Morgan fingerprint density at radius 3 is 2.74 bits per heavy atom.